The summed E-state index contributed by atoms with van der Waals surface area (Å²) in [5, 5.41) is 8.50. The van der Waals surface area contributed by atoms with Gasteiger partial charge in [0.25, 0.3) is 0 Å². The summed E-state index contributed by atoms with van der Waals surface area (Å²) in [5.41, 5.74) is 5.59. The molecule has 0 fully saturated rings. The van der Waals surface area contributed by atoms with E-state index in [4.69, 9.17) is 5.84 Å². The number of nitrogens with two attached hydrogens (primary N) is 1. The zero-order chi connectivity index (χ0) is 13.4. The van der Waals surface area contributed by atoms with E-state index in [1.54, 1.807) is 40.2 Å². The van der Waals surface area contributed by atoms with Crippen molar-refractivity contribution in [3.63, 3.8) is 0 Å². The van der Waals surface area contributed by atoms with E-state index in [0.717, 1.165) is 21.2 Å². The number of hydrogen-bond donors (Lipinski definition) is 2. The Bertz CT molecular complexity index is 697. The molecule has 0 amide bonds. The van der Waals surface area contributed by atoms with Crippen LogP contribution in [-0.2, 0) is 7.05 Å². The fourth-order valence-electron chi connectivity index (χ4n) is 2.14. The van der Waals surface area contributed by atoms with Crippen LogP contribution in [-0.4, -0.2) is 24.4 Å². The van der Waals surface area contributed by atoms with Gasteiger partial charge in [-0.3, -0.25) is 15.5 Å². The molecule has 3 rings (SSSR count). The van der Waals surface area contributed by atoms with Crippen LogP contribution in [0.15, 0.2) is 35.5 Å². The van der Waals surface area contributed by atoms with E-state index in [-0.39, 0.29) is 6.04 Å². The Balaban J connectivity index is 2.18. The number of nitrogens with zero attached hydrogens (tertiary/aromatic N) is 5. The van der Waals surface area contributed by atoms with Crippen LogP contribution in [0.3, 0.4) is 0 Å². The van der Waals surface area contributed by atoms with Gasteiger partial charge in [0.1, 0.15) is 0 Å². The summed E-state index contributed by atoms with van der Waals surface area (Å²) >= 11 is 3.49. The number of nitrogens with one attached hydrogen (secondary N) is 1. The first-order chi connectivity index (χ1) is 9.22. The molecule has 0 saturated carbocycles. The molecule has 1 atom stereocenters. The summed E-state index contributed by atoms with van der Waals surface area (Å²) in [7, 11) is 1.87. The Kier molecular flexibility index (Phi) is 3.05. The zero-order valence-electron chi connectivity index (χ0n) is 10.2. The number of fused-ring (bicyclic) bond motifs is 1. The van der Waals surface area contributed by atoms with Gasteiger partial charge in [0.15, 0.2) is 0 Å². The first-order valence-electron chi connectivity index (χ1n) is 5.63. The summed E-state index contributed by atoms with van der Waals surface area (Å²) in [5.74, 6) is 5.71. The molecule has 98 valence electrons. The van der Waals surface area contributed by atoms with Crippen LogP contribution in [0, 0.1) is 0 Å². The lowest BCUT2D eigenvalue weighted by Gasteiger charge is -2.16. The van der Waals surface area contributed by atoms with Gasteiger partial charge >= 0.3 is 0 Å². The van der Waals surface area contributed by atoms with Gasteiger partial charge in [-0.25, -0.2) is 9.94 Å². The van der Waals surface area contributed by atoms with Crippen molar-refractivity contribution >= 4 is 21.4 Å². The Labute approximate surface area is 117 Å². The van der Waals surface area contributed by atoms with Crippen molar-refractivity contribution in [2.75, 3.05) is 0 Å². The lowest BCUT2D eigenvalue weighted by atomic mass is 10.1. The Hall–Kier alpha value is -1.77. The number of aromatic nitrogens is 5. The molecule has 0 aliphatic carbocycles. The molecule has 0 radical (unpaired) electrons. The summed E-state index contributed by atoms with van der Waals surface area (Å²) in [6, 6.07) is -0.219. The molecular weight excluding hydrogens is 310 g/mol. The normalized spacial score (nSPS) is 13.0. The highest BCUT2D eigenvalue weighted by molar-refractivity contribution is 9.10. The number of rotatable bonds is 3. The fourth-order valence-corrected chi connectivity index (χ4v) is 2.71. The van der Waals surface area contributed by atoms with Crippen LogP contribution in [0.4, 0.5) is 0 Å². The van der Waals surface area contributed by atoms with E-state index >= 15 is 0 Å². The predicted octanol–water partition coefficient (Wildman–Crippen LogP) is 0.778. The first kappa shape index (κ1) is 12.3. The van der Waals surface area contributed by atoms with Crippen molar-refractivity contribution in [1.29, 1.82) is 0 Å². The number of aryl methyl sites for hydroxylation is 1. The van der Waals surface area contributed by atoms with E-state index < -0.39 is 0 Å². The van der Waals surface area contributed by atoms with Crippen LogP contribution < -0.4 is 11.3 Å². The van der Waals surface area contributed by atoms with Gasteiger partial charge in [-0.2, -0.15) is 10.2 Å². The summed E-state index contributed by atoms with van der Waals surface area (Å²) in [6.07, 6.45) is 8.76. The topological polar surface area (TPSA) is 86.1 Å². The van der Waals surface area contributed by atoms with Gasteiger partial charge in [-0.15, -0.1) is 0 Å². The van der Waals surface area contributed by atoms with Crippen molar-refractivity contribution in [1.82, 2.24) is 29.8 Å². The van der Waals surface area contributed by atoms with Crippen molar-refractivity contribution < 1.29 is 0 Å². The third-order valence-corrected chi connectivity index (χ3v) is 3.65. The largest absolute Gasteiger partial charge is 0.271 e. The molecule has 3 N–H and O–H groups in total. The minimum Gasteiger partial charge on any atom is -0.271 e. The zero-order valence-corrected chi connectivity index (χ0v) is 11.7. The maximum absolute atomic E-state index is 5.71. The maximum Gasteiger partial charge on any atom is 0.0926 e. The SMILES string of the molecule is Cn1ncc(Br)c1C(NN)c1cnn2ccncc12. The second-order valence-corrected chi connectivity index (χ2v) is 4.96. The number of halogens is 1. The molecule has 3 aromatic heterocycles. The van der Waals surface area contributed by atoms with Gasteiger partial charge in [-0.05, 0) is 15.9 Å². The standard InChI is InChI=1S/C11H12BrN7/c1-18-11(8(12)5-15-18)10(17-13)7-4-16-19-3-2-14-6-9(7)19/h2-6,10,17H,13H2,1H3. The molecule has 1 unspecified atom stereocenters. The van der Waals surface area contributed by atoms with Crippen molar-refractivity contribution in [3.8, 4) is 0 Å². The minimum absolute atomic E-state index is 0.219. The summed E-state index contributed by atoms with van der Waals surface area (Å²) < 4.78 is 4.42. The van der Waals surface area contributed by atoms with Gasteiger partial charge in [0.05, 0.1) is 40.3 Å². The Morgan fingerprint density at radius 2 is 2.16 bits per heavy atom. The van der Waals surface area contributed by atoms with Gasteiger partial charge < -0.3 is 0 Å². The maximum atomic E-state index is 5.71. The van der Waals surface area contributed by atoms with Crippen LogP contribution in [0.1, 0.15) is 17.3 Å². The molecule has 0 aromatic carbocycles. The molecule has 0 aliphatic heterocycles. The Morgan fingerprint density at radius 3 is 2.84 bits per heavy atom. The second-order valence-electron chi connectivity index (χ2n) is 4.11. The van der Waals surface area contributed by atoms with Crippen LogP contribution in [0.25, 0.3) is 5.52 Å². The molecule has 0 bridgehead atoms. The van der Waals surface area contributed by atoms with E-state index in [1.807, 2.05) is 7.05 Å². The van der Waals surface area contributed by atoms with Crippen molar-refractivity contribution in [2.24, 2.45) is 12.9 Å². The van der Waals surface area contributed by atoms with Crippen molar-refractivity contribution in [2.45, 2.75) is 6.04 Å². The molecular formula is C11H12BrN7. The second kappa shape index (κ2) is 4.72. The third-order valence-electron chi connectivity index (χ3n) is 3.04. The van der Waals surface area contributed by atoms with E-state index in [0.29, 0.717) is 0 Å². The Morgan fingerprint density at radius 1 is 1.32 bits per heavy atom. The van der Waals surface area contributed by atoms with Gasteiger partial charge in [-0.1, -0.05) is 0 Å². The lowest BCUT2D eigenvalue weighted by Crippen LogP contribution is -2.30. The average molecular weight is 322 g/mol. The van der Waals surface area contributed by atoms with Gasteiger partial charge in [0, 0.05) is 25.0 Å². The molecule has 3 heterocycles. The fraction of sp³-hybridized carbons (Fsp3) is 0.182. The highest BCUT2D eigenvalue weighted by atomic mass is 79.9. The monoisotopic (exact) mass is 321 g/mol. The first-order valence-corrected chi connectivity index (χ1v) is 6.42. The molecule has 0 aliphatic rings. The van der Waals surface area contributed by atoms with E-state index in [9.17, 15) is 0 Å². The number of hydrogen-bond acceptors (Lipinski definition) is 5. The van der Waals surface area contributed by atoms with Gasteiger partial charge in [0.2, 0.25) is 0 Å². The summed E-state index contributed by atoms with van der Waals surface area (Å²) in [4.78, 5) is 4.13. The molecule has 0 spiro atoms. The van der Waals surface area contributed by atoms with Crippen LogP contribution in [0.2, 0.25) is 0 Å². The van der Waals surface area contributed by atoms with Crippen LogP contribution >= 0.6 is 15.9 Å². The average Bonchev–Trinajstić information content (AvgIpc) is 2.98. The predicted molar refractivity (Wildman–Crippen MR) is 73.1 cm³/mol. The van der Waals surface area contributed by atoms with Crippen LogP contribution in [0.5, 0.6) is 0 Å². The number of hydrazine groups is 1. The molecule has 0 saturated heterocycles. The molecule has 7 nitrogen and oxygen atoms in total. The smallest absolute Gasteiger partial charge is 0.0926 e. The highest BCUT2D eigenvalue weighted by Gasteiger charge is 2.22. The molecule has 8 heteroatoms. The lowest BCUT2D eigenvalue weighted by molar-refractivity contribution is 0.575. The third kappa shape index (κ3) is 1.93. The van der Waals surface area contributed by atoms with E-state index in [2.05, 4.69) is 36.5 Å². The molecule has 19 heavy (non-hydrogen) atoms. The quantitative estimate of drug-likeness (QED) is 0.550. The molecule has 3 aromatic rings. The highest BCUT2D eigenvalue weighted by Crippen LogP contribution is 2.29. The minimum atomic E-state index is -0.219. The summed E-state index contributed by atoms with van der Waals surface area (Å²) in [6.45, 7) is 0. The van der Waals surface area contributed by atoms with E-state index in [1.165, 1.54) is 0 Å². The van der Waals surface area contributed by atoms with Crippen molar-refractivity contribution in [3.05, 3.63) is 46.7 Å².